The SMILES string of the molecule is C[C@H](NC(=O)c1cc(-c2ccc(F)cc2)cc2ccc(Cc3ccc4ccccc4c3F)n12)c1ccc(C(=O)O)cc1. The first-order chi connectivity index (χ1) is 20.3. The smallest absolute Gasteiger partial charge is 0.335 e. The van der Waals surface area contributed by atoms with Gasteiger partial charge in [-0.05, 0) is 83.1 Å². The van der Waals surface area contributed by atoms with Crippen LogP contribution in [0.5, 0.6) is 0 Å². The topological polar surface area (TPSA) is 70.8 Å². The molecule has 0 spiro atoms. The van der Waals surface area contributed by atoms with Gasteiger partial charge in [0.2, 0.25) is 0 Å². The predicted octanol–water partition coefficient (Wildman–Crippen LogP) is 7.82. The number of hydrogen-bond donors (Lipinski definition) is 2. The number of fused-ring (bicyclic) bond motifs is 2. The van der Waals surface area contributed by atoms with Crippen molar-refractivity contribution in [3.63, 3.8) is 0 Å². The van der Waals surface area contributed by atoms with Gasteiger partial charge in [0.1, 0.15) is 17.3 Å². The van der Waals surface area contributed by atoms with Crippen LogP contribution in [0.15, 0.2) is 109 Å². The molecule has 2 N–H and O–H groups in total. The van der Waals surface area contributed by atoms with Crippen LogP contribution in [0.3, 0.4) is 0 Å². The van der Waals surface area contributed by atoms with E-state index in [1.807, 2.05) is 47.7 Å². The van der Waals surface area contributed by atoms with Crippen LogP contribution >= 0.6 is 0 Å². The fourth-order valence-electron chi connectivity index (χ4n) is 5.31. The Balaban J connectivity index is 1.41. The molecule has 0 saturated carbocycles. The quantitative estimate of drug-likeness (QED) is 0.209. The summed E-state index contributed by atoms with van der Waals surface area (Å²) in [5, 5.41) is 13.6. The van der Waals surface area contributed by atoms with Crippen LogP contribution in [0, 0.1) is 11.6 Å². The number of benzene rings is 4. The zero-order valence-corrected chi connectivity index (χ0v) is 22.6. The molecular weight excluding hydrogens is 534 g/mol. The van der Waals surface area contributed by atoms with E-state index >= 15 is 4.39 Å². The number of carbonyl (C=O) groups is 2. The minimum atomic E-state index is -1.03. The van der Waals surface area contributed by atoms with E-state index in [1.165, 1.54) is 24.3 Å². The van der Waals surface area contributed by atoms with Gasteiger partial charge < -0.3 is 14.8 Å². The Bertz CT molecular complexity index is 1960. The summed E-state index contributed by atoms with van der Waals surface area (Å²) in [7, 11) is 0. The van der Waals surface area contributed by atoms with Gasteiger partial charge in [-0.1, -0.05) is 60.7 Å². The average Bonchev–Trinajstić information content (AvgIpc) is 3.41. The molecule has 4 aromatic carbocycles. The van der Waals surface area contributed by atoms with Gasteiger partial charge in [0.15, 0.2) is 0 Å². The third kappa shape index (κ3) is 5.12. The molecule has 0 fully saturated rings. The van der Waals surface area contributed by atoms with E-state index in [2.05, 4.69) is 5.32 Å². The summed E-state index contributed by atoms with van der Waals surface area (Å²) < 4.78 is 31.0. The summed E-state index contributed by atoms with van der Waals surface area (Å²) in [5.74, 6) is -2.05. The Morgan fingerprint density at radius 2 is 1.57 bits per heavy atom. The van der Waals surface area contributed by atoms with Crippen LogP contribution in [-0.4, -0.2) is 21.4 Å². The zero-order valence-electron chi connectivity index (χ0n) is 22.6. The summed E-state index contributed by atoms with van der Waals surface area (Å²) in [5.41, 5.74) is 4.68. The Kier molecular flexibility index (Phi) is 7.00. The lowest BCUT2D eigenvalue weighted by Gasteiger charge is -2.18. The van der Waals surface area contributed by atoms with E-state index in [4.69, 9.17) is 0 Å². The molecule has 2 heterocycles. The first kappa shape index (κ1) is 26.9. The molecule has 1 atom stereocenters. The first-order valence-electron chi connectivity index (χ1n) is 13.5. The van der Waals surface area contributed by atoms with Crippen molar-refractivity contribution in [3.8, 4) is 11.1 Å². The molecule has 2 aromatic heterocycles. The summed E-state index contributed by atoms with van der Waals surface area (Å²) >= 11 is 0. The molecule has 0 saturated heterocycles. The molecule has 42 heavy (non-hydrogen) atoms. The summed E-state index contributed by atoms with van der Waals surface area (Å²) in [6, 6.07) is 30.3. The van der Waals surface area contributed by atoms with Gasteiger partial charge in [0.05, 0.1) is 11.6 Å². The Hall–Kier alpha value is -5.30. The molecular formula is C35H26F2N2O3. The van der Waals surface area contributed by atoms with Crippen molar-refractivity contribution in [1.82, 2.24) is 9.72 Å². The number of halogens is 2. The molecule has 0 aliphatic rings. The maximum absolute atomic E-state index is 15.5. The molecule has 1 amide bonds. The molecule has 6 rings (SSSR count). The van der Waals surface area contributed by atoms with Crippen LogP contribution in [0.25, 0.3) is 27.4 Å². The number of hydrogen-bond acceptors (Lipinski definition) is 2. The molecule has 0 aliphatic carbocycles. The number of aromatic nitrogens is 1. The average molecular weight is 561 g/mol. The van der Waals surface area contributed by atoms with Crippen LogP contribution < -0.4 is 5.32 Å². The Labute approximate surface area is 240 Å². The number of carboxylic acids is 1. The normalized spacial score (nSPS) is 12.0. The number of pyridine rings is 1. The second-order valence-corrected chi connectivity index (χ2v) is 10.3. The predicted molar refractivity (Wildman–Crippen MR) is 159 cm³/mol. The van der Waals surface area contributed by atoms with E-state index in [1.54, 1.807) is 48.5 Å². The number of carbonyl (C=O) groups excluding carboxylic acids is 1. The number of rotatable bonds is 7. The lowest BCUT2D eigenvalue weighted by Crippen LogP contribution is -2.28. The van der Waals surface area contributed by atoms with Crippen molar-refractivity contribution in [3.05, 3.63) is 149 Å². The third-order valence-corrected chi connectivity index (χ3v) is 7.56. The van der Waals surface area contributed by atoms with Gasteiger partial charge in [-0.15, -0.1) is 0 Å². The molecule has 7 heteroatoms. The minimum Gasteiger partial charge on any atom is -0.478 e. The van der Waals surface area contributed by atoms with Crippen molar-refractivity contribution in [2.75, 3.05) is 0 Å². The minimum absolute atomic E-state index is 0.156. The van der Waals surface area contributed by atoms with Crippen molar-refractivity contribution in [1.29, 1.82) is 0 Å². The van der Waals surface area contributed by atoms with Crippen LogP contribution in [-0.2, 0) is 6.42 Å². The Morgan fingerprint density at radius 3 is 2.31 bits per heavy atom. The lowest BCUT2D eigenvalue weighted by atomic mass is 10.0. The lowest BCUT2D eigenvalue weighted by molar-refractivity contribution is 0.0696. The summed E-state index contributed by atoms with van der Waals surface area (Å²) in [4.78, 5) is 25.1. The maximum Gasteiger partial charge on any atom is 0.335 e. The highest BCUT2D eigenvalue weighted by molar-refractivity contribution is 5.96. The number of amides is 1. The molecule has 5 nitrogen and oxygen atoms in total. The standard InChI is InChI=1S/C35H26F2N2O3/c1-21(22-6-9-25(10-7-22)35(41)42)38-34(40)32-20-27(23-12-14-28(36)15-13-23)19-30-17-16-29(39(30)32)18-26-11-8-24-4-2-3-5-31(24)33(26)37/h2-17,19-21H,18H2,1H3,(H,38,40)(H,41,42)/t21-/m0/s1. The second kappa shape index (κ2) is 10.9. The molecule has 0 aliphatic heterocycles. The third-order valence-electron chi connectivity index (χ3n) is 7.56. The van der Waals surface area contributed by atoms with Gasteiger partial charge in [-0.3, -0.25) is 4.79 Å². The highest BCUT2D eigenvalue weighted by Gasteiger charge is 2.20. The molecule has 6 aromatic rings. The Morgan fingerprint density at radius 1 is 0.833 bits per heavy atom. The van der Waals surface area contributed by atoms with Crippen molar-refractivity contribution in [2.24, 2.45) is 0 Å². The summed E-state index contributed by atoms with van der Waals surface area (Å²) in [6.07, 6.45) is 0.257. The molecule has 0 radical (unpaired) electrons. The van der Waals surface area contributed by atoms with Crippen LogP contribution in [0.1, 0.15) is 50.6 Å². The fourth-order valence-corrected chi connectivity index (χ4v) is 5.31. The van der Waals surface area contributed by atoms with E-state index in [0.717, 1.165) is 33.3 Å². The van der Waals surface area contributed by atoms with E-state index < -0.39 is 12.0 Å². The van der Waals surface area contributed by atoms with Gasteiger partial charge in [0, 0.05) is 23.0 Å². The molecule has 0 bridgehead atoms. The fraction of sp³-hybridized carbons (Fsp3) is 0.0857. The van der Waals surface area contributed by atoms with Gasteiger partial charge in [0.25, 0.3) is 5.91 Å². The number of nitrogens with zero attached hydrogens (tertiary/aromatic N) is 1. The maximum atomic E-state index is 15.5. The van der Waals surface area contributed by atoms with E-state index in [-0.39, 0.29) is 29.5 Å². The van der Waals surface area contributed by atoms with Gasteiger partial charge in [-0.2, -0.15) is 0 Å². The molecule has 0 unspecified atom stereocenters. The van der Waals surface area contributed by atoms with Gasteiger partial charge in [-0.25, -0.2) is 13.6 Å². The van der Waals surface area contributed by atoms with Crippen molar-refractivity contribution in [2.45, 2.75) is 19.4 Å². The van der Waals surface area contributed by atoms with Crippen molar-refractivity contribution < 1.29 is 23.5 Å². The number of carboxylic acid groups (broad SMARTS) is 1. The first-order valence-corrected chi connectivity index (χ1v) is 13.5. The van der Waals surface area contributed by atoms with Crippen LogP contribution in [0.4, 0.5) is 8.78 Å². The highest BCUT2D eigenvalue weighted by atomic mass is 19.1. The largest absolute Gasteiger partial charge is 0.478 e. The molecule has 208 valence electrons. The van der Waals surface area contributed by atoms with Gasteiger partial charge >= 0.3 is 5.97 Å². The van der Waals surface area contributed by atoms with E-state index in [9.17, 15) is 19.1 Å². The highest BCUT2D eigenvalue weighted by Crippen LogP contribution is 2.29. The number of aromatic carboxylic acids is 1. The zero-order chi connectivity index (χ0) is 29.4. The number of nitrogens with one attached hydrogen (secondary N) is 1. The van der Waals surface area contributed by atoms with Crippen LogP contribution in [0.2, 0.25) is 0 Å². The monoisotopic (exact) mass is 560 g/mol. The summed E-state index contributed by atoms with van der Waals surface area (Å²) in [6.45, 7) is 1.82. The second-order valence-electron chi connectivity index (χ2n) is 10.3. The van der Waals surface area contributed by atoms with Crippen molar-refractivity contribution >= 4 is 28.2 Å². The van der Waals surface area contributed by atoms with E-state index in [0.29, 0.717) is 16.6 Å².